The molecule has 0 aliphatic heterocycles. The average molecular weight is 447 g/mol. The second-order valence-electron chi connectivity index (χ2n) is 6.32. The summed E-state index contributed by atoms with van der Waals surface area (Å²) in [6.07, 6.45) is 2.27. The van der Waals surface area contributed by atoms with Crippen molar-refractivity contribution in [3.05, 3.63) is 69.5 Å². The number of esters is 1. The summed E-state index contributed by atoms with van der Waals surface area (Å²) in [4.78, 5) is 37.5. The Hall–Kier alpha value is -2.91. The summed E-state index contributed by atoms with van der Waals surface area (Å²) in [6.45, 7) is -0.401. The van der Waals surface area contributed by atoms with E-state index in [1.165, 1.54) is 11.8 Å². The van der Waals surface area contributed by atoms with Gasteiger partial charge in [-0.15, -0.1) is 5.10 Å². The molecule has 30 heavy (non-hydrogen) atoms. The normalized spacial score (nSPS) is 11.8. The van der Waals surface area contributed by atoms with Gasteiger partial charge in [-0.05, 0) is 54.8 Å². The van der Waals surface area contributed by atoms with Crippen molar-refractivity contribution in [2.24, 2.45) is 0 Å². The van der Waals surface area contributed by atoms with Crippen molar-refractivity contribution in [2.45, 2.75) is 19.2 Å². The monoisotopic (exact) mass is 446 g/mol. The number of ether oxygens (including phenoxy) is 1. The highest BCUT2D eigenvalue weighted by molar-refractivity contribution is 7.98. The van der Waals surface area contributed by atoms with Crippen LogP contribution in [0.1, 0.15) is 16.8 Å². The fourth-order valence-electron chi connectivity index (χ4n) is 2.66. The molecule has 0 fully saturated rings. The van der Waals surface area contributed by atoms with Gasteiger partial charge in [-0.3, -0.25) is 9.59 Å². The van der Waals surface area contributed by atoms with Gasteiger partial charge in [0.2, 0.25) is 0 Å². The minimum Gasteiger partial charge on any atom is -0.441 e. The summed E-state index contributed by atoms with van der Waals surface area (Å²) in [6, 6.07) is 12.2. The maximum Gasteiger partial charge on any atom is 0.330 e. The molecule has 1 aromatic heterocycles. The lowest BCUT2D eigenvalue weighted by atomic mass is 10.1. The van der Waals surface area contributed by atoms with Crippen LogP contribution in [-0.2, 0) is 16.3 Å². The van der Waals surface area contributed by atoms with Crippen LogP contribution in [0.4, 0.5) is 0 Å². The molecule has 1 amide bonds. The molecule has 0 bridgehead atoms. The van der Waals surface area contributed by atoms with E-state index in [0.29, 0.717) is 33.7 Å². The molecule has 0 aliphatic carbocycles. The molecule has 3 rings (SSSR count). The quantitative estimate of drug-likeness (QED) is 0.530. The number of nitrogens with zero attached hydrogens (tertiary/aromatic N) is 3. The lowest BCUT2D eigenvalue weighted by Crippen LogP contribution is -2.43. The van der Waals surface area contributed by atoms with Crippen LogP contribution in [-0.4, -0.2) is 44.9 Å². The number of aromatic nitrogens is 3. The maximum atomic E-state index is 12.6. The van der Waals surface area contributed by atoms with Crippen LogP contribution in [0.25, 0.3) is 10.9 Å². The summed E-state index contributed by atoms with van der Waals surface area (Å²) >= 11 is 7.38. The van der Waals surface area contributed by atoms with E-state index in [1.54, 1.807) is 48.5 Å². The molecule has 0 spiro atoms. The van der Waals surface area contributed by atoms with Crippen LogP contribution < -0.4 is 10.9 Å². The van der Waals surface area contributed by atoms with Crippen molar-refractivity contribution < 1.29 is 14.3 Å². The van der Waals surface area contributed by atoms with Crippen LogP contribution in [0.15, 0.2) is 53.3 Å². The third-order valence-electron chi connectivity index (χ3n) is 4.27. The third-order valence-corrected chi connectivity index (χ3v) is 5.16. The van der Waals surface area contributed by atoms with E-state index in [9.17, 15) is 14.4 Å². The van der Waals surface area contributed by atoms with Crippen molar-refractivity contribution >= 4 is 46.1 Å². The van der Waals surface area contributed by atoms with Crippen molar-refractivity contribution in [1.29, 1.82) is 0 Å². The lowest BCUT2D eigenvalue weighted by Gasteiger charge is -2.17. The zero-order chi connectivity index (χ0) is 21.5. The van der Waals surface area contributed by atoms with Crippen molar-refractivity contribution in [3.63, 3.8) is 0 Å². The Morgan fingerprint density at radius 3 is 2.67 bits per heavy atom. The minimum atomic E-state index is -0.871. The molecule has 1 N–H and O–H groups in total. The first-order valence-electron chi connectivity index (χ1n) is 9.04. The molecule has 0 radical (unpaired) electrons. The number of hydrogen-bond acceptors (Lipinski definition) is 7. The van der Waals surface area contributed by atoms with Gasteiger partial charge in [0, 0.05) is 10.6 Å². The third kappa shape index (κ3) is 5.37. The number of benzene rings is 2. The summed E-state index contributed by atoms with van der Waals surface area (Å²) < 4.78 is 6.21. The zero-order valence-corrected chi connectivity index (χ0v) is 17.7. The van der Waals surface area contributed by atoms with E-state index in [0.717, 1.165) is 4.68 Å². The van der Waals surface area contributed by atoms with Gasteiger partial charge in [-0.25, -0.2) is 4.79 Å². The predicted octanol–water partition coefficient (Wildman–Crippen LogP) is 2.50. The number of fused-ring (bicyclic) bond motifs is 1. The Morgan fingerprint density at radius 2 is 1.93 bits per heavy atom. The Bertz CT molecular complexity index is 1100. The highest BCUT2D eigenvalue weighted by Gasteiger charge is 2.23. The molecule has 0 saturated heterocycles. The molecular formula is C20H19ClN4O4S. The zero-order valence-electron chi connectivity index (χ0n) is 16.1. The smallest absolute Gasteiger partial charge is 0.330 e. The number of thioether (sulfide) groups is 1. The van der Waals surface area contributed by atoms with Crippen LogP contribution in [0.3, 0.4) is 0 Å². The number of amides is 1. The molecule has 0 saturated carbocycles. The molecule has 3 aromatic rings. The van der Waals surface area contributed by atoms with Gasteiger partial charge in [-0.2, -0.15) is 16.4 Å². The summed E-state index contributed by atoms with van der Waals surface area (Å²) in [5, 5.41) is 11.3. The van der Waals surface area contributed by atoms with Gasteiger partial charge in [-0.1, -0.05) is 28.9 Å². The van der Waals surface area contributed by atoms with Gasteiger partial charge >= 0.3 is 5.97 Å². The predicted molar refractivity (Wildman–Crippen MR) is 116 cm³/mol. The van der Waals surface area contributed by atoms with Gasteiger partial charge in [0.25, 0.3) is 11.5 Å². The molecule has 0 aliphatic rings. The van der Waals surface area contributed by atoms with E-state index >= 15 is 0 Å². The summed E-state index contributed by atoms with van der Waals surface area (Å²) in [7, 11) is 0. The molecule has 1 heterocycles. The molecule has 2 aromatic carbocycles. The highest BCUT2D eigenvalue weighted by Crippen LogP contribution is 2.11. The number of nitrogens with one attached hydrogen (secondary N) is 1. The van der Waals surface area contributed by atoms with Gasteiger partial charge in [0.05, 0.1) is 5.39 Å². The van der Waals surface area contributed by atoms with Crippen molar-refractivity contribution in [1.82, 2.24) is 20.3 Å². The molecule has 156 valence electrons. The van der Waals surface area contributed by atoms with Crippen LogP contribution in [0.5, 0.6) is 0 Å². The molecule has 8 nitrogen and oxygen atoms in total. The summed E-state index contributed by atoms with van der Waals surface area (Å²) in [5.74, 6) is -0.443. The topological polar surface area (TPSA) is 103 Å². The van der Waals surface area contributed by atoms with Crippen molar-refractivity contribution in [3.8, 4) is 0 Å². The number of rotatable bonds is 8. The summed E-state index contributed by atoms with van der Waals surface area (Å²) in [5.41, 5.74) is 0.412. The van der Waals surface area contributed by atoms with Crippen molar-refractivity contribution in [2.75, 3.05) is 12.0 Å². The highest BCUT2D eigenvalue weighted by atomic mass is 35.5. The minimum absolute atomic E-state index is 0.373. The number of halogens is 1. The van der Waals surface area contributed by atoms with E-state index in [2.05, 4.69) is 15.6 Å². The second-order valence-corrected chi connectivity index (χ2v) is 7.74. The Balaban J connectivity index is 1.69. The number of hydrogen-bond donors (Lipinski definition) is 1. The SMILES string of the molecule is CSCCC(NC(=O)c1ccc(Cl)cc1)C(=O)OCn1nnc2ccccc2c1=O. The average Bonchev–Trinajstić information content (AvgIpc) is 2.76. The fraction of sp³-hybridized carbons (Fsp3) is 0.250. The van der Waals surface area contributed by atoms with Crippen LogP contribution in [0, 0.1) is 0 Å². The second kappa shape index (κ2) is 10.2. The van der Waals surface area contributed by atoms with Crippen LogP contribution >= 0.6 is 23.4 Å². The molecular weight excluding hydrogens is 428 g/mol. The molecule has 10 heteroatoms. The first-order valence-corrected chi connectivity index (χ1v) is 10.8. The van der Waals surface area contributed by atoms with Gasteiger partial charge in [0.1, 0.15) is 11.6 Å². The van der Waals surface area contributed by atoms with Gasteiger partial charge < -0.3 is 10.1 Å². The first kappa shape index (κ1) is 21.8. The fourth-order valence-corrected chi connectivity index (χ4v) is 3.26. The van der Waals surface area contributed by atoms with E-state index < -0.39 is 30.2 Å². The number of carbonyl (C=O) groups excluding carboxylic acids is 2. The Morgan fingerprint density at radius 1 is 1.20 bits per heavy atom. The first-order chi connectivity index (χ1) is 14.5. The standard InChI is InChI=1S/C20H19ClN4O4S/c1-30-11-10-17(22-18(26)13-6-8-14(21)9-7-13)20(28)29-12-25-19(27)15-4-2-3-5-16(15)23-24-25/h2-9,17H,10-12H2,1H3,(H,22,26). The maximum absolute atomic E-state index is 12.6. The van der Waals surface area contributed by atoms with Crippen LogP contribution in [0.2, 0.25) is 5.02 Å². The lowest BCUT2D eigenvalue weighted by molar-refractivity contribution is -0.150. The largest absolute Gasteiger partial charge is 0.441 e. The van der Waals surface area contributed by atoms with E-state index in [-0.39, 0.29) is 0 Å². The molecule has 1 atom stereocenters. The molecule has 1 unspecified atom stereocenters. The Labute approximate surface area is 181 Å². The van der Waals surface area contributed by atoms with Gasteiger partial charge in [0.15, 0.2) is 6.73 Å². The van der Waals surface area contributed by atoms with E-state index in [4.69, 9.17) is 16.3 Å². The number of carbonyl (C=O) groups is 2. The Kier molecular flexibility index (Phi) is 7.42. The van der Waals surface area contributed by atoms with E-state index in [1.807, 2.05) is 6.26 Å².